The van der Waals surface area contributed by atoms with Gasteiger partial charge in [0.1, 0.15) is 5.75 Å². The van der Waals surface area contributed by atoms with E-state index in [2.05, 4.69) is 18.2 Å². The second kappa shape index (κ2) is 6.30. The van der Waals surface area contributed by atoms with Gasteiger partial charge in [0.25, 0.3) is 0 Å². The van der Waals surface area contributed by atoms with Crippen molar-refractivity contribution in [2.75, 3.05) is 13.0 Å². The lowest BCUT2D eigenvalue weighted by atomic mass is 9.80. The topological polar surface area (TPSA) is 9.23 Å². The van der Waals surface area contributed by atoms with Crippen LogP contribution in [-0.2, 0) is 6.42 Å². The van der Waals surface area contributed by atoms with E-state index < -0.39 is 0 Å². The minimum atomic E-state index is 0.743. The number of aryl methyl sites for hydroxylation is 1. The molecule has 0 N–H and O–H groups in total. The summed E-state index contributed by atoms with van der Waals surface area (Å²) < 4.78 is 5.30. The number of unbranched alkanes of at least 4 members (excludes halogenated alkanes) is 1. The molecule has 0 radical (unpaired) electrons. The first-order valence-corrected chi connectivity index (χ1v) is 7.11. The Morgan fingerprint density at radius 1 is 1.35 bits per heavy atom. The number of methoxy groups -OCH3 is 1. The molecule has 0 bridgehead atoms. The lowest BCUT2D eigenvalue weighted by molar-refractivity contribution is 0.412. The summed E-state index contributed by atoms with van der Waals surface area (Å²) >= 11 is 5.74. The molecule has 0 aliphatic heterocycles. The van der Waals surface area contributed by atoms with Crippen molar-refractivity contribution in [3.8, 4) is 5.75 Å². The molecule has 1 aliphatic rings. The predicted octanol–water partition coefficient (Wildman–Crippen LogP) is 4.52. The Hall–Kier alpha value is -0.690. The number of ether oxygens (including phenoxy) is 1. The molecular formula is C15H21ClO. The van der Waals surface area contributed by atoms with E-state index in [-0.39, 0.29) is 0 Å². The summed E-state index contributed by atoms with van der Waals surface area (Å²) in [5.41, 5.74) is 3.04. The van der Waals surface area contributed by atoms with Crippen molar-refractivity contribution in [1.82, 2.24) is 0 Å². The Bertz CT molecular complexity index is 362. The van der Waals surface area contributed by atoms with Crippen LogP contribution in [0.15, 0.2) is 18.2 Å². The highest BCUT2D eigenvalue weighted by molar-refractivity contribution is 6.17. The number of alkyl halides is 1. The summed E-state index contributed by atoms with van der Waals surface area (Å²) in [5, 5.41) is 0. The highest BCUT2D eigenvalue weighted by Gasteiger charge is 2.19. The van der Waals surface area contributed by atoms with E-state index in [1.54, 1.807) is 12.7 Å². The van der Waals surface area contributed by atoms with Crippen LogP contribution in [0.5, 0.6) is 5.75 Å². The maximum atomic E-state index is 5.74. The molecule has 0 amide bonds. The lowest BCUT2D eigenvalue weighted by Crippen LogP contribution is -2.10. The molecule has 0 aromatic heterocycles. The van der Waals surface area contributed by atoms with Crippen molar-refractivity contribution in [2.45, 2.75) is 44.4 Å². The molecule has 17 heavy (non-hydrogen) atoms. The van der Waals surface area contributed by atoms with Gasteiger partial charge in [0, 0.05) is 5.88 Å². The first-order chi connectivity index (χ1) is 8.35. The van der Waals surface area contributed by atoms with Gasteiger partial charge >= 0.3 is 0 Å². The van der Waals surface area contributed by atoms with Crippen molar-refractivity contribution in [2.24, 2.45) is 0 Å². The van der Waals surface area contributed by atoms with Crippen molar-refractivity contribution in [3.05, 3.63) is 29.3 Å². The fourth-order valence-electron chi connectivity index (χ4n) is 2.80. The number of hydrogen-bond acceptors (Lipinski definition) is 1. The Balaban J connectivity index is 2.08. The molecule has 0 saturated heterocycles. The molecule has 94 valence electrons. The minimum absolute atomic E-state index is 0.743. The molecule has 1 aliphatic carbocycles. The molecule has 1 aromatic rings. The van der Waals surface area contributed by atoms with E-state index in [1.807, 2.05) is 0 Å². The largest absolute Gasteiger partial charge is 0.497 e. The predicted molar refractivity (Wildman–Crippen MR) is 73.2 cm³/mol. The smallest absolute Gasteiger partial charge is 0.119 e. The zero-order valence-electron chi connectivity index (χ0n) is 10.5. The first-order valence-electron chi connectivity index (χ1n) is 6.58. The van der Waals surface area contributed by atoms with E-state index in [9.17, 15) is 0 Å². The van der Waals surface area contributed by atoms with E-state index in [4.69, 9.17) is 16.3 Å². The standard InChI is InChI=1S/C15H21ClO/c1-17-14-8-9-15-12(5-2-3-10-16)6-4-7-13(15)11-14/h8-9,11-12H,2-7,10H2,1H3. The van der Waals surface area contributed by atoms with Crippen LogP contribution < -0.4 is 4.74 Å². The third kappa shape index (κ3) is 3.16. The van der Waals surface area contributed by atoms with Gasteiger partial charge in [0.05, 0.1) is 7.11 Å². The Labute approximate surface area is 109 Å². The Morgan fingerprint density at radius 3 is 3.00 bits per heavy atom. The van der Waals surface area contributed by atoms with Gasteiger partial charge in [-0.25, -0.2) is 0 Å². The minimum Gasteiger partial charge on any atom is -0.497 e. The number of benzene rings is 1. The third-order valence-electron chi connectivity index (χ3n) is 3.72. The zero-order valence-corrected chi connectivity index (χ0v) is 11.3. The van der Waals surface area contributed by atoms with Gasteiger partial charge in [-0.1, -0.05) is 12.5 Å². The summed E-state index contributed by atoms with van der Waals surface area (Å²) in [6.45, 7) is 0. The number of rotatable bonds is 5. The second-order valence-electron chi connectivity index (χ2n) is 4.84. The lowest BCUT2D eigenvalue weighted by Gasteiger charge is -2.26. The normalized spacial score (nSPS) is 18.8. The van der Waals surface area contributed by atoms with Crippen LogP contribution in [0.2, 0.25) is 0 Å². The van der Waals surface area contributed by atoms with Gasteiger partial charge in [0.2, 0.25) is 0 Å². The molecule has 0 saturated carbocycles. The molecule has 1 unspecified atom stereocenters. The monoisotopic (exact) mass is 252 g/mol. The SMILES string of the molecule is COc1ccc2c(c1)CCCC2CCCCCl. The van der Waals surface area contributed by atoms with Crippen LogP contribution in [0.4, 0.5) is 0 Å². The number of halogens is 1. The number of hydrogen-bond donors (Lipinski definition) is 0. The number of fused-ring (bicyclic) bond motifs is 1. The molecule has 0 spiro atoms. The summed E-state index contributed by atoms with van der Waals surface area (Å²) in [6, 6.07) is 6.57. The molecular weight excluding hydrogens is 232 g/mol. The van der Waals surface area contributed by atoms with Gasteiger partial charge in [0.15, 0.2) is 0 Å². The highest BCUT2D eigenvalue weighted by atomic mass is 35.5. The molecule has 0 fully saturated rings. The summed E-state index contributed by atoms with van der Waals surface area (Å²) in [4.78, 5) is 0. The maximum Gasteiger partial charge on any atom is 0.119 e. The molecule has 1 atom stereocenters. The zero-order chi connectivity index (χ0) is 12.1. The molecule has 2 heteroatoms. The van der Waals surface area contributed by atoms with Crippen LogP contribution >= 0.6 is 11.6 Å². The van der Waals surface area contributed by atoms with Gasteiger partial charge in [-0.2, -0.15) is 0 Å². The van der Waals surface area contributed by atoms with Crippen molar-refractivity contribution >= 4 is 11.6 Å². The summed E-state index contributed by atoms with van der Waals surface area (Å²) in [6.07, 6.45) is 7.53. The van der Waals surface area contributed by atoms with E-state index in [1.165, 1.54) is 37.7 Å². The first kappa shape index (κ1) is 12.8. The summed E-state index contributed by atoms with van der Waals surface area (Å²) in [5.74, 6) is 2.53. The van der Waals surface area contributed by atoms with Gasteiger partial charge < -0.3 is 4.74 Å². The molecule has 2 rings (SSSR count). The average Bonchev–Trinajstić information content (AvgIpc) is 2.38. The van der Waals surface area contributed by atoms with Gasteiger partial charge in [-0.3, -0.25) is 0 Å². The van der Waals surface area contributed by atoms with Crippen LogP contribution in [0.1, 0.15) is 49.1 Å². The third-order valence-corrected chi connectivity index (χ3v) is 3.99. The summed E-state index contributed by atoms with van der Waals surface area (Å²) in [7, 11) is 1.74. The van der Waals surface area contributed by atoms with Crippen molar-refractivity contribution in [1.29, 1.82) is 0 Å². The van der Waals surface area contributed by atoms with E-state index in [0.717, 1.165) is 24.0 Å². The van der Waals surface area contributed by atoms with E-state index >= 15 is 0 Å². The van der Waals surface area contributed by atoms with Crippen LogP contribution in [-0.4, -0.2) is 13.0 Å². The Morgan fingerprint density at radius 2 is 2.24 bits per heavy atom. The van der Waals surface area contributed by atoms with Crippen LogP contribution in [0, 0.1) is 0 Å². The van der Waals surface area contributed by atoms with Gasteiger partial charge in [-0.15, -0.1) is 11.6 Å². The van der Waals surface area contributed by atoms with Crippen molar-refractivity contribution < 1.29 is 4.74 Å². The van der Waals surface area contributed by atoms with Crippen LogP contribution in [0.3, 0.4) is 0 Å². The quantitative estimate of drug-likeness (QED) is 0.553. The maximum absolute atomic E-state index is 5.74. The molecule has 1 aromatic carbocycles. The van der Waals surface area contributed by atoms with Crippen LogP contribution in [0.25, 0.3) is 0 Å². The molecule has 0 heterocycles. The fourth-order valence-corrected chi connectivity index (χ4v) is 2.99. The fraction of sp³-hybridized carbons (Fsp3) is 0.600. The van der Waals surface area contributed by atoms with E-state index in [0.29, 0.717) is 0 Å². The molecule has 1 nitrogen and oxygen atoms in total. The Kier molecular flexibility index (Phi) is 4.73. The highest BCUT2D eigenvalue weighted by Crippen LogP contribution is 2.36. The van der Waals surface area contributed by atoms with Gasteiger partial charge in [-0.05, 0) is 61.3 Å². The second-order valence-corrected chi connectivity index (χ2v) is 5.22. The van der Waals surface area contributed by atoms with Crippen molar-refractivity contribution in [3.63, 3.8) is 0 Å². The average molecular weight is 253 g/mol.